The van der Waals surface area contributed by atoms with Gasteiger partial charge in [0.05, 0.1) is 0 Å². The van der Waals surface area contributed by atoms with Crippen LogP contribution in [0.3, 0.4) is 0 Å². The molecule has 0 amide bonds. The Morgan fingerprint density at radius 2 is 2.12 bits per heavy atom. The van der Waals surface area contributed by atoms with Gasteiger partial charge in [0.25, 0.3) is 0 Å². The van der Waals surface area contributed by atoms with Crippen LogP contribution in [0.15, 0.2) is 89.9 Å². The van der Waals surface area contributed by atoms with Crippen LogP contribution in [0.4, 0.5) is 4.39 Å². The van der Waals surface area contributed by atoms with Crippen LogP contribution in [0.25, 0.3) is 0 Å². The summed E-state index contributed by atoms with van der Waals surface area (Å²) in [5.74, 6) is 1.27. The zero-order chi connectivity index (χ0) is 25.0. The normalized spacial score (nSPS) is 15.9. The molecule has 0 aliphatic carbocycles. The van der Waals surface area contributed by atoms with Crippen LogP contribution in [0.2, 0.25) is 0 Å². The van der Waals surface area contributed by atoms with E-state index in [0.717, 1.165) is 62.3 Å². The summed E-state index contributed by atoms with van der Waals surface area (Å²) in [6.45, 7) is 17.5. The lowest BCUT2D eigenvalue weighted by molar-refractivity contribution is 0.286. The second-order valence-corrected chi connectivity index (χ2v) is 8.91. The van der Waals surface area contributed by atoms with Crippen molar-refractivity contribution in [2.24, 2.45) is 10.9 Å². The Bertz CT molecular complexity index is 977. The van der Waals surface area contributed by atoms with Crippen LogP contribution in [0.1, 0.15) is 64.6 Å². The molecule has 3 nitrogen and oxygen atoms in total. The van der Waals surface area contributed by atoms with Gasteiger partial charge in [0.15, 0.2) is 5.67 Å². The molecule has 2 unspecified atom stereocenters. The van der Waals surface area contributed by atoms with Crippen LogP contribution in [0, 0.1) is 5.92 Å². The Kier molecular flexibility index (Phi) is 11.0. The molecule has 34 heavy (non-hydrogen) atoms. The maximum Gasteiger partial charge on any atom is 0.176 e. The Morgan fingerprint density at radius 1 is 1.32 bits per heavy atom. The smallest absolute Gasteiger partial charge is 0.176 e. The van der Waals surface area contributed by atoms with E-state index in [2.05, 4.69) is 42.6 Å². The molecular formula is C30H40FN3. The molecule has 0 saturated heterocycles. The van der Waals surface area contributed by atoms with Crippen molar-refractivity contribution in [2.75, 3.05) is 13.1 Å². The number of amidine groups is 1. The molecular weight excluding hydrogens is 421 g/mol. The third-order valence-corrected chi connectivity index (χ3v) is 6.08. The van der Waals surface area contributed by atoms with Gasteiger partial charge in [0.1, 0.15) is 5.84 Å². The summed E-state index contributed by atoms with van der Waals surface area (Å²) in [6, 6.07) is 3.75. The minimum atomic E-state index is -1.68. The third-order valence-electron chi connectivity index (χ3n) is 6.08. The molecule has 0 fully saturated rings. The van der Waals surface area contributed by atoms with Crippen molar-refractivity contribution in [1.82, 2.24) is 9.88 Å². The monoisotopic (exact) mass is 461 g/mol. The van der Waals surface area contributed by atoms with E-state index in [4.69, 9.17) is 4.99 Å². The lowest BCUT2D eigenvalue weighted by Gasteiger charge is -2.28. The van der Waals surface area contributed by atoms with Gasteiger partial charge in [-0.05, 0) is 81.7 Å². The van der Waals surface area contributed by atoms with Gasteiger partial charge in [-0.25, -0.2) is 9.38 Å². The predicted octanol–water partition coefficient (Wildman–Crippen LogP) is 7.65. The molecule has 2 atom stereocenters. The highest BCUT2D eigenvalue weighted by atomic mass is 19.1. The zero-order valence-electron chi connectivity index (χ0n) is 21.4. The summed E-state index contributed by atoms with van der Waals surface area (Å²) in [6.07, 6.45) is 17.4. The van der Waals surface area contributed by atoms with E-state index in [-0.39, 0.29) is 5.92 Å². The summed E-state index contributed by atoms with van der Waals surface area (Å²) in [5, 5.41) is 0. The van der Waals surface area contributed by atoms with Crippen molar-refractivity contribution >= 4 is 5.84 Å². The van der Waals surface area contributed by atoms with Crippen molar-refractivity contribution in [3.8, 4) is 0 Å². The largest absolute Gasteiger partial charge is 0.356 e. The summed E-state index contributed by atoms with van der Waals surface area (Å²) < 4.78 is 15.4. The first-order chi connectivity index (χ1) is 16.4. The first kappa shape index (κ1) is 27.3. The molecule has 1 aliphatic rings. The molecule has 1 aliphatic heterocycles. The second kappa shape index (κ2) is 13.7. The van der Waals surface area contributed by atoms with Crippen LogP contribution in [-0.2, 0) is 12.1 Å². The molecule has 4 heteroatoms. The fraction of sp³-hybridized carbons (Fsp3) is 0.433. The Morgan fingerprint density at radius 3 is 2.74 bits per heavy atom. The highest BCUT2D eigenvalue weighted by Crippen LogP contribution is 2.34. The lowest BCUT2D eigenvalue weighted by atomic mass is 9.89. The molecule has 0 spiro atoms. The van der Waals surface area contributed by atoms with Gasteiger partial charge in [-0.1, -0.05) is 38.6 Å². The number of hydrogen-bond acceptors (Lipinski definition) is 3. The first-order valence-electron chi connectivity index (χ1n) is 12.4. The van der Waals surface area contributed by atoms with E-state index in [1.165, 1.54) is 6.08 Å². The number of aryl methyl sites for hydroxylation is 1. The average molecular weight is 462 g/mol. The SMILES string of the molecule is C=CCCCN(CCC)C1=NC=CC=C=C1C(C)CCc1ccc(C(F)(/C=C/C)C(=C)C)cn1. The number of rotatable bonds is 13. The molecule has 182 valence electrons. The number of alkyl halides is 1. The summed E-state index contributed by atoms with van der Waals surface area (Å²) in [5.41, 5.74) is 4.84. The standard InChI is InChI=1S/C30H40FN3/c1-7-10-13-22-34(21-9-3)29-28(14-11-12-20-32-29)25(6)15-17-27-18-16-26(23-33-27)30(31,19-8-2)24(4)5/h7-8,11-12,16,18-20,23,25H,1,4,9-10,13,15,17,21-22H2,2-3,5-6H3/b19-8+. The van der Waals surface area contributed by atoms with Gasteiger partial charge >= 0.3 is 0 Å². The van der Waals surface area contributed by atoms with Crippen molar-refractivity contribution < 1.29 is 4.39 Å². The van der Waals surface area contributed by atoms with Crippen LogP contribution in [0.5, 0.6) is 0 Å². The first-order valence-corrected chi connectivity index (χ1v) is 12.4. The minimum Gasteiger partial charge on any atom is -0.356 e. The molecule has 0 radical (unpaired) electrons. The highest BCUT2D eigenvalue weighted by molar-refractivity contribution is 5.99. The van der Waals surface area contributed by atoms with Crippen molar-refractivity contribution in [3.05, 3.63) is 96.2 Å². The summed E-state index contributed by atoms with van der Waals surface area (Å²) >= 11 is 0. The molecule has 0 saturated carbocycles. The maximum absolute atomic E-state index is 15.4. The quantitative estimate of drug-likeness (QED) is 0.171. The summed E-state index contributed by atoms with van der Waals surface area (Å²) in [7, 11) is 0. The van der Waals surface area contributed by atoms with E-state index < -0.39 is 5.67 Å². The Balaban J connectivity index is 2.14. The molecule has 0 N–H and O–H groups in total. The predicted molar refractivity (Wildman–Crippen MR) is 144 cm³/mol. The average Bonchev–Trinajstić information content (AvgIpc) is 3.08. The van der Waals surface area contributed by atoms with Crippen molar-refractivity contribution in [1.29, 1.82) is 0 Å². The van der Waals surface area contributed by atoms with Gasteiger partial charge < -0.3 is 4.90 Å². The van der Waals surface area contributed by atoms with E-state index in [1.807, 2.05) is 43.5 Å². The number of aromatic nitrogens is 1. The van der Waals surface area contributed by atoms with Crippen LogP contribution >= 0.6 is 0 Å². The molecule has 1 aromatic rings. The topological polar surface area (TPSA) is 28.5 Å². The third kappa shape index (κ3) is 7.27. The zero-order valence-corrected chi connectivity index (χ0v) is 21.4. The fourth-order valence-electron chi connectivity index (χ4n) is 4.07. The van der Waals surface area contributed by atoms with Gasteiger partial charge in [-0.15, -0.1) is 12.3 Å². The number of allylic oxidation sites excluding steroid dienone is 5. The van der Waals surface area contributed by atoms with E-state index in [9.17, 15) is 0 Å². The van der Waals surface area contributed by atoms with Crippen LogP contribution < -0.4 is 0 Å². The molecule has 0 bridgehead atoms. The lowest BCUT2D eigenvalue weighted by Crippen LogP contribution is -2.35. The van der Waals surface area contributed by atoms with Gasteiger partial charge in [-0.2, -0.15) is 0 Å². The number of pyridine rings is 1. The molecule has 0 aromatic carbocycles. The van der Waals surface area contributed by atoms with Crippen molar-refractivity contribution in [2.45, 2.75) is 65.5 Å². The summed E-state index contributed by atoms with van der Waals surface area (Å²) in [4.78, 5) is 11.7. The highest BCUT2D eigenvalue weighted by Gasteiger charge is 2.30. The molecule has 2 rings (SSSR count). The Labute approximate surface area is 205 Å². The molecule has 1 aromatic heterocycles. The van der Waals surface area contributed by atoms with E-state index in [0.29, 0.717) is 11.1 Å². The fourth-order valence-corrected chi connectivity index (χ4v) is 4.07. The van der Waals surface area contributed by atoms with Gasteiger partial charge in [0, 0.05) is 42.3 Å². The maximum atomic E-state index is 15.4. The second-order valence-electron chi connectivity index (χ2n) is 8.91. The number of nitrogens with zero attached hydrogens (tertiary/aromatic N) is 3. The minimum absolute atomic E-state index is 0.258. The van der Waals surface area contributed by atoms with E-state index in [1.54, 1.807) is 19.2 Å². The molecule has 2 heterocycles. The van der Waals surface area contributed by atoms with Gasteiger partial charge in [0.2, 0.25) is 0 Å². The van der Waals surface area contributed by atoms with Crippen molar-refractivity contribution in [3.63, 3.8) is 0 Å². The van der Waals surface area contributed by atoms with Crippen LogP contribution in [-0.4, -0.2) is 28.8 Å². The van der Waals surface area contributed by atoms with Gasteiger partial charge in [-0.3, -0.25) is 4.98 Å². The number of aliphatic imine (C=N–C) groups is 1. The Hall–Kier alpha value is -2.97. The number of halogens is 1. The number of unbranched alkanes of at least 4 members (excludes halogenated alkanes) is 1. The number of hydrogen-bond donors (Lipinski definition) is 0. The van der Waals surface area contributed by atoms with E-state index >= 15 is 4.39 Å².